The lowest BCUT2D eigenvalue weighted by Gasteiger charge is -2.08. The zero-order valence-corrected chi connectivity index (χ0v) is 17.1. The SMILES string of the molecule is C/C(=N/NC(=O)COc1ccc(Cl)cc1)c1cccc(NC(=O)c2cccs2)c1. The molecule has 0 atom stereocenters. The van der Waals surface area contributed by atoms with Crippen molar-refractivity contribution in [3.8, 4) is 5.75 Å². The lowest BCUT2D eigenvalue weighted by molar-refractivity contribution is -0.123. The van der Waals surface area contributed by atoms with Crippen molar-refractivity contribution in [3.05, 3.63) is 81.5 Å². The van der Waals surface area contributed by atoms with Crippen LogP contribution in [0.1, 0.15) is 22.2 Å². The Kier molecular flexibility index (Phi) is 6.99. The minimum absolute atomic E-state index is 0.167. The molecule has 0 saturated heterocycles. The third kappa shape index (κ3) is 6.17. The molecule has 0 saturated carbocycles. The minimum atomic E-state index is -0.388. The van der Waals surface area contributed by atoms with Gasteiger partial charge in [-0.3, -0.25) is 9.59 Å². The number of halogens is 1. The van der Waals surface area contributed by atoms with Gasteiger partial charge in [0, 0.05) is 10.7 Å². The van der Waals surface area contributed by atoms with Crippen LogP contribution in [0.25, 0.3) is 0 Å². The molecule has 0 unspecified atom stereocenters. The first-order valence-electron chi connectivity index (χ1n) is 8.68. The zero-order valence-electron chi connectivity index (χ0n) is 15.5. The first-order valence-corrected chi connectivity index (χ1v) is 9.94. The summed E-state index contributed by atoms with van der Waals surface area (Å²) in [4.78, 5) is 24.7. The van der Waals surface area contributed by atoms with Crippen LogP contribution in [-0.2, 0) is 4.79 Å². The van der Waals surface area contributed by atoms with E-state index in [0.717, 1.165) is 5.56 Å². The van der Waals surface area contributed by atoms with E-state index in [-0.39, 0.29) is 18.4 Å². The number of ether oxygens (including phenoxy) is 1. The van der Waals surface area contributed by atoms with Gasteiger partial charge in [-0.05, 0) is 60.3 Å². The summed E-state index contributed by atoms with van der Waals surface area (Å²) in [5, 5.41) is 9.38. The lowest BCUT2D eigenvalue weighted by Crippen LogP contribution is -2.25. The molecule has 2 amide bonds. The average Bonchev–Trinajstić information content (AvgIpc) is 3.27. The van der Waals surface area contributed by atoms with Crippen molar-refractivity contribution in [2.45, 2.75) is 6.92 Å². The minimum Gasteiger partial charge on any atom is -0.484 e. The number of nitrogens with one attached hydrogen (secondary N) is 2. The number of amides is 2. The van der Waals surface area contributed by atoms with E-state index in [9.17, 15) is 9.59 Å². The normalized spacial score (nSPS) is 11.0. The fourth-order valence-electron chi connectivity index (χ4n) is 2.35. The Morgan fingerprint density at radius 3 is 2.62 bits per heavy atom. The quantitative estimate of drug-likeness (QED) is 0.428. The Morgan fingerprint density at radius 1 is 1.10 bits per heavy atom. The van der Waals surface area contributed by atoms with Gasteiger partial charge in [0.05, 0.1) is 10.6 Å². The highest BCUT2D eigenvalue weighted by molar-refractivity contribution is 7.12. The molecule has 0 aliphatic rings. The van der Waals surface area contributed by atoms with Gasteiger partial charge in [0.15, 0.2) is 6.61 Å². The molecule has 1 heterocycles. The molecule has 0 fully saturated rings. The molecule has 0 aliphatic carbocycles. The van der Waals surface area contributed by atoms with E-state index in [2.05, 4.69) is 15.8 Å². The van der Waals surface area contributed by atoms with Crippen molar-refractivity contribution in [2.24, 2.45) is 5.10 Å². The molecule has 2 N–H and O–H groups in total. The van der Waals surface area contributed by atoms with Crippen LogP contribution in [0.4, 0.5) is 5.69 Å². The predicted molar refractivity (Wildman–Crippen MR) is 116 cm³/mol. The summed E-state index contributed by atoms with van der Waals surface area (Å²) < 4.78 is 5.37. The van der Waals surface area contributed by atoms with Crippen LogP contribution < -0.4 is 15.5 Å². The third-order valence-electron chi connectivity index (χ3n) is 3.82. The number of benzene rings is 2. The number of hydrazone groups is 1. The number of hydrogen-bond acceptors (Lipinski definition) is 5. The molecule has 0 spiro atoms. The maximum atomic E-state index is 12.2. The number of nitrogens with zero attached hydrogens (tertiary/aromatic N) is 1. The Morgan fingerprint density at radius 2 is 1.90 bits per heavy atom. The predicted octanol–water partition coefficient (Wildman–Crippen LogP) is 4.57. The van der Waals surface area contributed by atoms with Crippen molar-refractivity contribution < 1.29 is 14.3 Å². The van der Waals surface area contributed by atoms with Crippen LogP contribution in [0, 0.1) is 0 Å². The molecular formula is C21H18ClN3O3S. The van der Waals surface area contributed by atoms with Crippen molar-refractivity contribution >= 4 is 46.2 Å². The highest BCUT2D eigenvalue weighted by atomic mass is 35.5. The highest BCUT2D eigenvalue weighted by Gasteiger charge is 2.08. The van der Waals surface area contributed by atoms with Crippen molar-refractivity contribution in [3.63, 3.8) is 0 Å². The number of anilines is 1. The van der Waals surface area contributed by atoms with E-state index in [1.54, 1.807) is 49.4 Å². The number of thiophene rings is 1. The molecule has 29 heavy (non-hydrogen) atoms. The molecule has 148 valence electrons. The van der Waals surface area contributed by atoms with Crippen molar-refractivity contribution in [2.75, 3.05) is 11.9 Å². The topological polar surface area (TPSA) is 79.8 Å². The lowest BCUT2D eigenvalue weighted by atomic mass is 10.1. The zero-order chi connectivity index (χ0) is 20.6. The second-order valence-electron chi connectivity index (χ2n) is 5.99. The maximum Gasteiger partial charge on any atom is 0.277 e. The maximum absolute atomic E-state index is 12.2. The van der Waals surface area contributed by atoms with Gasteiger partial charge < -0.3 is 10.1 Å². The van der Waals surface area contributed by atoms with E-state index in [0.29, 0.717) is 27.0 Å². The molecule has 2 aromatic carbocycles. The summed E-state index contributed by atoms with van der Waals surface area (Å²) in [7, 11) is 0. The smallest absolute Gasteiger partial charge is 0.277 e. The van der Waals surface area contributed by atoms with Crippen molar-refractivity contribution in [1.82, 2.24) is 5.43 Å². The van der Waals surface area contributed by atoms with Gasteiger partial charge in [-0.2, -0.15) is 5.10 Å². The van der Waals surface area contributed by atoms with Gasteiger partial charge in [0.25, 0.3) is 11.8 Å². The highest BCUT2D eigenvalue weighted by Crippen LogP contribution is 2.16. The molecule has 0 radical (unpaired) electrons. The molecule has 3 rings (SSSR count). The Bertz CT molecular complexity index is 1020. The van der Waals surface area contributed by atoms with E-state index in [1.165, 1.54) is 11.3 Å². The average molecular weight is 428 g/mol. The van der Waals surface area contributed by atoms with Gasteiger partial charge in [-0.25, -0.2) is 5.43 Å². The Hall–Kier alpha value is -3.16. The van der Waals surface area contributed by atoms with E-state index in [1.807, 2.05) is 23.6 Å². The molecule has 8 heteroatoms. The van der Waals surface area contributed by atoms with Crippen LogP contribution in [0.3, 0.4) is 0 Å². The summed E-state index contributed by atoms with van der Waals surface area (Å²) in [6.45, 7) is 1.59. The Labute approximate surface area is 177 Å². The van der Waals surface area contributed by atoms with Gasteiger partial charge in [0.2, 0.25) is 0 Å². The molecule has 6 nitrogen and oxygen atoms in total. The first-order chi connectivity index (χ1) is 14.0. The van der Waals surface area contributed by atoms with Gasteiger partial charge in [0.1, 0.15) is 5.75 Å². The fraction of sp³-hybridized carbons (Fsp3) is 0.0952. The second-order valence-corrected chi connectivity index (χ2v) is 7.37. The van der Waals surface area contributed by atoms with Gasteiger partial charge in [-0.15, -0.1) is 11.3 Å². The van der Waals surface area contributed by atoms with Crippen LogP contribution in [0.2, 0.25) is 5.02 Å². The summed E-state index contributed by atoms with van der Waals surface area (Å²) >= 11 is 7.18. The van der Waals surface area contributed by atoms with E-state index >= 15 is 0 Å². The largest absolute Gasteiger partial charge is 0.484 e. The number of carbonyl (C=O) groups is 2. The Balaban J connectivity index is 1.55. The van der Waals surface area contributed by atoms with E-state index in [4.69, 9.17) is 16.3 Å². The summed E-state index contributed by atoms with van der Waals surface area (Å²) in [6, 6.07) is 17.6. The van der Waals surface area contributed by atoms with Crippen LogP contribution in [-0.4, -0.2) is 24.1 Å². The van der Waals surface area contributed by atoms with E-state index < -0.39 is 0 Å². The third-order valence-corrected chi connectivity index (χ3v) is 4.94. The van der Waals surface area contributed by atoms with Gasteiger partial charge in [-0.1, -0.05) is 29.8 Å². The van der Waals surface area contributed by atoms with Crippen molar-refractivity contribution in [1.29, 1.82) is 0 Å². The second kappa shape index (κ2) is 9.86. The molecular weight excluding hydrogens is 410 g/mol. The molecule has 3 aromatic rings. The van der Waals surface area contributed by atoms with Crippen LogP contribution >= 0.6 is 22.9 Å². The molecule has 0 aliphatic heterocycles. The first kappa shape index (κ1) is 20.6. The fourth-order valence-corrected chi connectivity index (χ4v) is 3.09. The van der Waals surface area contributed by atoms with Crippen LogP contribution in [0.5, 0.6) is 5.75 Å². The molecule has 0 bridgehead atoms. The monoisotopic (exact) mass is 427 g/mol. The van der Waals surface area contributed by atoms with Crippen LogP contribution in [0.15, 0.2) is 71.1 Å². The number of rotatable bonds is 7. The molecule has 1 aromatic heterocycles. The summed E-state index contributed by atoms with van der Waals surface area (Å²) in [5.74, 6) is -0.0136. The number of carbonyl (C=O) groups excluding carboxylic acids is 2. The summed E-state index contributed by atoms with van der Waals surface area (Å²) in [5.41, 5.74) is 4.47. The number of hydrogen-bond donors (Lipinski definition) is 2. The van der Waals surface area contributed by atoms with Gasteiger partial charge >= 0.3 is 0 Å². The standard InChI is InChI=1S/C21H18ClN3O3S/c1-14(24-25-20(26)13-28-18-9-7-16(22)8-10-18)15-4-2-5-17(12-15)23-21(27)19-6-3-11-29-19/h2-12H,13H2,1H3,(H,23,27)(H,25,26)/b24-14-. The summed E-state index contributed by atoms with van der Waals surface area (Å²) in [6.07, 6.45) is 0.